The van der Waals surface area contributed by atoms with Crippen LogP contribution in [0.4, 0.5) is 0 Å². The Kier molecular flexibility index (Phi) is 5.44. The summed E-state index contributed by atoms with van der Waals surface area (Å²) in [6.07, 6.45) is 0. The van der Waals surface area contributed by atoms with Crippen molar-refractivity contribution in [3.63, 3.8) is 0 Å². The van der Waals surface area contributed by atoms with E-state index >= 15 is 0 Å². The van der Waals surface area contributed by atoms with Crippen molar-refractivity contribution in [2.75, 3.05) is 13.7 Å². The highest BCUT2D eigenvalue weighted by Crippen LogP contribution is 2.33. The number of hydrogen-bond donors (Lipinski definition) is 2. The van der Waals surface area contributed by atoms with E-state index in [0.29, 0.717) is 5.75 Å². The lowest BCUT2D eigenvalue weighted by molar-refractivity contribution is -0.140. The molecule has 0 aliphatic rings. The van der Waals surface area contributed by atoms with Gasteiger partial charge in [-0.1, -0.05) is 30.1 Å². The lowest BCUT2D eigenvalue weighted by Gasteiger charge is -2.11. The van der Waals surface area contributed by atoms with Crippen molar-refractivity contribution >= 4 is 35.1 Å². The van der Waals surface area contributed by atoms with E-state index < -0.39 is 17.8 Å². The van der Waals surface area contributed by atoms with Gasteiger partial charge in [0.25, 0.3) is 5.91 Å². The summed E-state index contributed by atoms with van der Waals surface area (Å²) in [5.41, 5.74) is 0.244. The number of methoxy groups -OCH3 is 1. The smallest absolute Gasteiger partial charge is 0.308 e. The number of carbonyl (C=O) groups is 2. The molecule has 0 heterocycles. The standard InChI is InChI=1S/C12H13Cl2NO4/c1-6(12(17)18)5-15-11(16)7-3-8(13)10(19-2)9(14)4-7/h3-4,6H,5H2,1-2H3,(H,15,16)(H,17,18). The van der Waals surface area contributed by atoms with Gasteiger partial charge in [-0.15, -0.1) is 0 Å². The fourth-order valence-corrected chi connectivity index (χ4v) is 1.96. The fourth-order valence-electron chi connectivity index (χ4n) is 1.32. The molecule has 1 aromatic rings. The van der Waals surface area contributed by atoms with Gasteiger partial charge < -0.3 is 15.2 Å². The number of halogens is 2. The number of carboxylic acids is 1. The Hall–Kier alpha value is -1.46. The number of carboxylic acid groups (broad SMARTS) is 1. The lowest BCUT2D eigenvalue weighted by atomic mass is 10.1. The zero-order valence-corrected chi connectivity index (χ0v) is 11.9. The van der Waals surface area contributed by atoms with Gasteiger partial charge in [0.15, 0.2) is 5.75 Å². The number of hydrogen-bond acceptors (Lipinski definition) is 3. The van der Waals surface area contributed by atoms with Gasteiger partial charge in [-0.3, -0.25) is 9.59 Å². The van der Waals surface area contributed by atoms with E-state index in [2.05, 4.69) is 5.32 Å². The van der Waals surface area contributed by atoms with E-state index in [1.165, 1.54) is 26.2 Å². The molecule has 0 aliphatic heterocycles. The van der Waals surface area contributed by atoms with E-state index in [1.54, 1.807) is 0 Å². The summed E-state index contributed by atoms with van der Waals surface area (Å²) in [5, 5.41) is 11.6. The summed E-state index contributed by atoms with van der Waals surface area (Å²) < 4.78 is 4.97. The van der Waals surface area contributed by atoms with Crippen molar-refractivity contribution in [2.24, 2.45) is 5.92 Å². The van der Waals surface area contributed by atoms with Crippen molar-refractivity contribution in [3.8, 4) is 5.75 Å². The molecule has 1 rings (SSSR count). The highest BCUT2D eigenvalue weighted by Gasteiger charge is 2.16. The first-order valence-corrected chi connectivity index (χ1v) is 6.16. The van der Waals surface area contributed by atoms with Crippen LogP contribution in [0.25, 0.3) is 0 Å². The Labute approximate surface area is 120 Å². The lowest BCUT2D eigenvalue weighted by Crippen LogP contribution is -2.31. The zero-order valence-electron chi connectivity index (χ0n) is 10.4. The maximum atomic E-state index is 11.8. The summed E-state index contributed by atoms with van der Waals surface area (Å²) in [5.74, 6) is -1.81. The molecule has 7 heteroatoms. The molecule has 19 heavy (non-hydrogen) atoms. The molecular formula is C12H13Cl2NO4. The molecule has 0 radical (unpaired) electrons. The molecule has 0 bridgehead atoms. The fraction of sp³-hybridized carbons (Fsp3) is 0.333. The molecule has 0 aliphatic carbocycles. The molecule has 0 fully saturated rings. The monoisotopic (exact) mass is 305 g/mol. The van der Waals surface area contributed by atoms with Crippen LogP contribution in [0, 0.1) is 5.92 Å². The summed E-state index contributed by atoms with van der Waals surface area (Å²) in [6, 6.07) is 2.82. The van der Waals surface area contributed by atoms with Crippen LogP contribution in [0.5, 0.6) is 5.75 Å². The molecule has 1 amide bonds. The molecule has 0 saturated heterocycles. The van der Waals surface area contributed by atoms with E-state index in [0.717, 1.165) is 0 Å². The number of carbonyl (C=O) groups excluding carboxylic acids is 1. The molecule has 104 valence electrons. The van der Waals surface area contributed by atoms with Crippen molar-refractivity contribution < 1.29 is 19.4 Å². The Balaban J connectivity index is 2.81. The van der Waals surface area contributed by atoms with Crippen molar-refractivity contribution in [2.45, 2.75) is 6.92 Å². The molecule has 1 unspecified atom stereocenters. The molecular weight excluding hydrogens is 293 g/mol. The minimum atomic E-state index is -0.980. The third kappa shape index (κ3) is 4.01. The first-order valence-electron chi connectivity index (χ1n) is 5.40. The van der Waals surface area contributed by atoms with E-state index in [-0.39, 0.29) is 22.2 Å². The predicted molar refractivity (Wildman–Crippen MR) is 72.1 cm³/mol. The van der Waals surface area contributed by atoms with Gasteiger partial charge in [0.2, 0.25) is 0 Å². The minimum Gasteiger partial charge on any atom is -0.494 e. The van der Waals surface area contributed by atoms with Crippen molar-refractivity contribution in [1.29, 1.82) is 0 Å². The van der Waals surface area contributed by atoms with E-state index in [4.69, 9.17) is 33.0 Å². The topological polar surface area (TPSA) is 75.6 Å². The van der Waals surface area contributed by atoms with Crippen molar-refractivity contribution in [1.82, 2.24) is 5.32 Å². The summed E-state index contributed by atoms with van der Waals surface area (Å²) >= 11 is 11.8. The second kappa shape index (κ2) is 6.63. The van der Waals surface area contributed by atoms with Crippen LogP contribution in [0.15, 0.2) is 12.1 Å². The van der Waals surface area contributed by atoms with Crippen LogP contribution in [0.3, 0.4) is 0 Å². The Morgan fingerprint density at radius 2 is 1.89 bits per heavy atom. The van der Waals surface area contributed by atoms with Crippen LogP contribution in [-0.2, 0) is 4.79 Å². The Morgan fingerprint density at radius 1 is 1.37 bits per heavy atom. The molecule has 0 spiro atoms. The Bertz CT molecular complexity index is 481. The van der Waals surface area contributed by atoms with Crippen LogP contribution in [0.1, 0.15) is 17.3 Å². The predicted octanol–water partition coefficient (Wildman–Crippen LogP) is 2.45. The number of aliphatic carboxylic acids is 1. The minimum absolute atomic E-state index is 0.0232. The van der Waals surface area contributed by atoms with Crippen LogP contribution >= 0.6 is 23.2 Å². The molecule has 0 saturated carbocycles. The first kappa shape index (κ1) is 15.6. The number of ether oxygens (including phenoxy) is 1. The molecule has 2 N–H and O–H groups in total. The van der Waals surface area contributed by atoms with Crippen LogP contribution in [-0.4, -0.2) is 30.6 Å². The van der Waals surface area contributed by atoms with Gasteiger partial charge >= 0.3 is 5.97 Å². The van der Waals surface area contributed by atoms with Crippen LogP contribution in [0.2, 0.25) is 10.0 Å². The first-order chi connectivity index (χ1) is 8.86. The van der Waals surface area contributed by atoms with Gasteiger partial charge in [0.05, 0.1) is 23.1 Å². The number of benzene rings is 1. The number of rotatable bonds is 5. The van der Waals surface area contributed by atoms with E-state index in [1.807, 2.05) is 0 Å². The molecule has 0 aromatic heterocycles. The van der Waals surface area contributed by atoms with E-state index in [9.17, 15) is 9.59 Å². The summed E-state index contributed by atoms with van der Waals surface area (Å²) in [7, 11) is 1.42. The molecule has 1 atom stereocenters. The van der Waals surface area contributed by atoms with Crippen molar-refractivity contribution in [3.05, 3.63) is 27.7 Å². The number of nitrogens with one attached hydrogen (secondary N) is 1. The maximum Gasteiger partial charge on any atom is 0.308 e. The van der Waals surface area contributed by atoms with Gasteiger partial charge in [-0.05, 0) is 12.1 Å². The third-order valence-electron chi connectivity index (χ3n) is 2.45. The van der Waals surface area contributed by atoms with Gasteiger partial charge in [-0.2, -0.15) is 0 Å². The zero-order chi connectivity index (χ0) is 14.6. The SMILES string of the molecule is COc1c(Cl)cc(C(=O)NCC(C)C(=O)O)cc1Cl. The quantitative estimate of drug-likeness (QED) is 0.876. The van der Waals surface area contributed by atoms with Gasteiger partial charge in [0, 0.05) is 12.1 Å². The molecule has 1 aromatic carbocycles. The second-order valence-corrected chi connectivity index (χ2v) is 4.74. The highest BCUT2D eigenvalue weighted by atomic mass is 35.5. The summed E-state index contributed by atoms with van der Waals surface area (Å²) in [4.78, 5) is 22.4. The van der Waals surface area contributed by atoms with Crippen LogP contribution < -0.4 is 10.1 Å². The Morgan fingerprint density at radius 3 is 2.32 bits per heavy atom. The maximum absolute atomic E-state index is 11.8. The number of amides is 1. The third-order valence-corrected chi connectivity index (χ3v) is 3.02. The highest BCUT2D eigenvalue weighted by molar-refractivity contribution is 6.37. The van der Waals surface area contributed by atoms with Gasteiger partial charge in [-0.25, -0.2) is 0 Å². The average Bonchev–Trinajstić information content (AvgIpc) is 2.34. The normalized spacial score (nSPS) is 11.8. The average molecular weight is 306 g/mol. The largest absolute Gasteiger partial charge is 0.494 e. The summed E-state index contributed by atoms with van der Waals surface area (Å²) in [6.45, 7) is 1.52. The molecule has 5 nitrogen and oxygen atoms in total. The second-order valence-electron chi connectivity index (χ2n) is 3.92. The van der Waals surface area contributed by atoms with Gasteiger partial charge in [0.1, 0.15) is 0 Å².